The number of benzene rings is 2. The minimum atomic E-state index is -0.647. The molecule has 2 heterocycles. The number of aliphatic imine (C=N–C) groups is 1. The predicted octanol–water partition coefficient (Wildman–Crippen LogP) is 5.17. The molecule has 1 amide bonds. The summed E-state index contributed by atoms with van der Waals surface area (Å²) in [6.45, 7) is 4.93. The second kappa shape index (κ2) is 13.4. The molecule has 0 saturated heterocycles. The Labute approximate surface area is 237 Å². The number of aryl methyl sites for hydroxylation is 1. The Morgan fingerprint density at radius 1 is 1.12 bits per heavy atom. The van der Waals surface area contributed by atoms with Crippen molar-refractivity contribution in [2.75, 3.05) is 34.0 Å². The molecule has 2 N–H and O–H groups in total. The van der Waals surface area contributed by atoms with Crippen molar-refractivity contribution < 1.29 is 28.9 Å². The molecule has 0 fully saturated rings. The van der Waals surface area contributed by atoms with Gasteiger partial charge < -0.3 is 29.2 Å². The zero-order valence-corrected chi connectivity index (χ0v) is 23.8. The maximum atomic E-state index is 12.8. The monoisotopic (exact) mass is 563 g/mol. The summed E-state index contributed by atoms with van der Waals surface area (Å²) in [5.41, 5.74) is 3.47. The summed E-state index contributed by atoms with van der Waals surface area (Å²) >= 11 is 1.19. The number of aliphatic hydroxyl groups excluding tert-OH is 1. The summed E-state index contributed by atoms with van der Waals surface area (Å²) in [5.74, 6) is -0.287. The van der Waals surface area contributed by atoms with Crippen LogP contribution < -0.4 is 10.1 Å². The van der Waals surface area contributed by atoms with E-state index in [9.17, 15) is 14.7 Å². The quantitative estimate of drug-likeness (QED) is 0.245. The van der Waals surface area contributed by atoms with Crippen molar-refractivity contribution in [1.82, 2.24) is 9.88 Å². The number of hydrogen-bond acceptors (Lipinski definition) is 8. The van der Waals surface area contributed by atoms with Crippen molar-refractivity contribution in [2.45, 2.75) is 26.8 Å². The zero-order chi connectivity index (χ0) is 28.6. The van der Waals surface area contributed by atoms with Crippen molar-refractivity contribution in [3.63, 3.8) is 0 Å². The number of amides is 1. The molecule has 0 spiro atoms. The van der Waals surface area contributed by atoms with Gasteiger partial charge in [0.15, 0.2) is 0 Å². The topological polar surface area (TPSA) is 111 Å². The first-order chi connectivity index (χ1) is 19.4. The van der Waals surface area contributed by atoms with Crippen LogP contribution in [-0.4, -0.2) is 60.6 Å². The molecule has 210 valence electrons. The van der Waals surface area contributed by atoms with E-state index < -0.39 is 5.97 Å². The first kappa shape index (κ1) is 29.0. The number of nitrogens with zero attached hydrogens (tertiary/aromatic N) is 2. The number of aliphatic hydroxyl groups is 1. The largest absolute Gasteiger partial charge is 0.506 e. The first-order valence-electron chi connectivity index (χ1n) is 13.0. The Bertz CT molecular complexity index is 1490. The molecule has 9 nitrogen and oxygen atoms in total. The number of rotatable bonds is 11. The first-order valence-corrected chi connectivity index (χ1v) is 13.8. The van der Waals surface area contributed by atoms with Gasteiger partial charge in [0.25, 0.3) is 0 Å². The van der Waals surface area contributed by atoms with Crippen molar-refractivity contribution in [1.29, 1.82) is 0 Å². The van der Waals surface area contributed by atoms with Crippen LogP contribution in [-0.2, 0) is 32.0 Å². The zero-order valence-electron chi connectivity index (χ0n) is 23.0. The van der Waals surface area contributed by atoms with Gasteiger partial charge in [0.2, 0.25) is 5.91 Å². The Hall–Kier alpha value is -4.02. The second-order valence-electron chi connectivity index (χ2n) is 8.89. The molecule has 0 atom stereocenters. The maximum Gasteiger partial charge on any atom is 0.344 e. The third kappa shape index (κ3) is 6.40. The van der Waals surface area contributed by atoms with Gasteiger partial charge in [-0.2, -0.15) is 0 Å². The summed E-state index contributed by atoms with van der Waals surface area (Å²) in [6, 6.07) is 13.1. The Kier molecular flexibility index (Phi) is 9.68. The van der Waals surface area contributed by atoms with Crippen LogP contribution in [0.5, 0.6) is 5.75 Å². The van der Waals surface area contributed by atoms with Gasteiger partial charge in [-0.3, -0.25) is 4.79 Å². The van der Waals surface area contributed by atoms with E-state index in [0.717, 1.165) is 28.5 Å². The summed E-state index contributed by atoms with van der Waals surface area (Å²) in [6.07, 6.45) is 4.49. The fourth-order valence-corrected chi connectivity index (χ4v) is 5.43. The van der Waals surface area contributed by atoms with Gasteiger partial charge in [-0.1, -0.05) is 36.9 Å². The number of aromatic nitrogens is 1. The van der Waals surface area contributed by atoms with Crippen molar-refractivity contribution in [2.24, 2.45) is 4.99 Å². The minimum absolute atomic E-state index is 0.0180. The van der Waals surface area contributed by atoms with Gasteiger partial charge >= 0.3 is 5.97 Å². The number of carbonyl (C=O) groups excluding carboxylic acids is 2. The van der Waals surface area contributed by atoms with Crippen molar-refractivity contribution in [3.05, 3.63) is 76.0 Å². The normalized spacial score (nSPS) is 15.3. The van der Waals surface area contributed by atoms with Crippen LogP contribution in [0.25, 0.3) is 17.0 Å². The molecule has 4 rings (SSSR count). The predicted molar refractivity (Wildman–Crippen MR) is 158 cm³/mol. The van der Waals surface area contributed by atoms with Gasteiger partial charge in [-0.15, -0.1) is 0 Å². The molecule has 1 aromatic heterocycles. The molecule has 0 bridgehead atoms. The summed E-state index contributed by atoms with van der Waals surface area (Å²) in [7, 11) is 3.17. The lowest BCUT2D eigenvalue weighted by molar-refractivity contribution is -0.138. The van der Waals surface area contributed by atoms with E-state index in [2.05, 4.69) is 17.2 Å². The number of methoxy groups -OCH3 is 2. The number of hydrogen-bond donors (Lipinski definition) is 2. The van der Waals surface area contributed by atoms with Crippen LogP contribution in [0.1, 0.15) is 25.0 Å². The molecule has 1 aliphatic heterocycles. The van der Waals surface area contributed by atoms with Crippen LogP contribution in [0.3, 0.4) is 0 Å². The van der Waals surface area contributed by atoms with E-state index in [0.29, 0.717) is 34.5 Å². The highest BCUT2D eigenvalue weighted by atomic mass is 32.2. The Morgan fingerprint density at radius 3 is 2.58 bits per heavy atom. The third-order valence-corrected chi connectivity index (χ3v) is 7.32. The average molecular weight is 564 g/mol. The Balaban J connectivity index is 1.76. The summed E-state index contributed by atoms with van der Waals surface area (Å²) < 4.78 is 17.4. The summed E-state index contributed by atoms with van der Waals surface area (Å²) in [5, 5.41) is 15.3. The lowest BCUT2D eigenvalue weighted by atomic mass is 10.1. The average Bonchev–Trinajstić information content (AvgIpc) is 3.45. The lowest BCUT2D eigenvalue weighted by Crippen LogP contribution is -2.30. The molecule has 3 aromatic rings. The van der Waals surface area contributed by atoms with E-state index in [1.807, 2.05) is 35.0 Å². The summed E-state index contributed by atoms with van der Waals surface area (Å²) in [4.78, 5) is 30.6. The van der Waals surface area contributed by atoms with Gasteiger partial charge in [-0.25, -0.2) is 9.79 Å². The smallest absolute Gasteiger partial charge is 0.344 e. The fourth-order valence-electron chi connectivity index (χ4n) is 4.40. The number of thioether (sulfide) groups is 1. The molecule has 0 radical (unpaired) electrons. The number of esters is 1. The molecule has 40 heavy (non-hydrogen) atoms. The highest BCUT2D eigenvalue weighted by Gasteiger charge is 2.33. The fraction of sp³-hybridized carbons (Fsp3) is 0.300. The third-order valence-electron chi connectivity index (χ3n) is 6.30. The highest BCUT2D eigenvalue weighted by molar-refractivity contribution is 8.18. The SMILES string of the molecule is CCOC(=O)C1=C(O)/C(=C/c2cn(CC(=O)NCCOC)c3c(CC)cccc23)SC1=Nc1ccc(OC)cc1. The van der Waals surface area contributed by atoms with Gasteiger partial charge in [0.05, 0.1) is 36.4 Å². The molecule has 10 heteroatoms. The van der Waals surface area contributed by atoms with E-state index in [1.54, 1.807) is 45.4 Å². The van der Waals surface area contributed by atoms with Gasteiger partial charge in [0.1, 0.15) is 28.7 Å². The molecule has 1 aliphatic rings. The van der Waals surface area contributed by atoms with Gasteiger partial charge in [0, 0.05) is 30.8 Å². The molecular weight excluding hydrogens is 530 g/mol. The molecular formula is C30H33N3O6S. The van der Waals surface area contributed by atoms with Crippen LogP contribution >= 0.6 is 11.8 Å². The van der Waals surface area contributed by atoms with E-state index in [-0.39, 0.29) is 30.4 Å². The van der Waals surface area contributed by atoms with Crippen LogP contribution in [0, 0.1) is 0 Å². The minimum Gasteiger partial charge on any atom is -0.506 e. The van der Waals surface area contributed by atoms with Gasteiger partial charge in [-0.05, 0) is 49.2 Å². The standard InChI is InChI=1S/C30H33N3O6S/c1-5-19-8-7-9-23-20(17-33(27(19)23)18-25(34)31-14-15-37-3)16-24-28(35)26(30(36)39-6-2)29(40-24)32-21-10-12-22(38-4)13-11-21/h7-13,16-17,35H,5-6,14-15,18H2,1-4H3,(H,31,34)/b24-16-,32-29?. The van der Waals surface area contributed by atoms with Crippen molar-refractivity contribution in [3.8, 4) is 5.75 Å². The lowest BCUT2D eigenvalue weighted by Gasteiger charge is -2.09. The Morgan fingerprint density at radius 2 is 1.90 bits per heavy atom. The van der Waals surface area contributed by atoms with Crippen LogP contribution in [0.4, 0.5) is 5.69 Å². The van der Waals surface area contributed by atoms with Crippen LogP contribution in [0.2, 0.25) is 0 Å². The number of para-hydroxylation sites is 1. The molecule has 0 saturated carbocycles. The van der Waals surface area contributed by atoms with E-state index in [4.69, 9.17) is 14.2 Å². The van der Waals surface area contributed by atoms with Crippen molar-refractivity contribution >= 4 is 51.3 Å². The molecule has 0 aliphatic carbocycles. The molecule has 0 unspecified atom stereocenters. The number of ether oxygens (including phenoxy) is 3. The second-order valence-corrected chi connectivity index (χ2v) is 9.92. The van der Waals surface area contributed by atoms with E-state index in [1.165, 1.54) is 11.8 Å². The number of carbonyl (C=O) groups is 2. The van der Waals surface area contributed by atoms with Crippen LogP contribution in [0.15, 0.2) is 69.9 Å². The number of nitrogens with one attached hydrogen (secondary N) is 1. The highest BCUT2D eigenvalue weighted by Crippen LogP contribution is 2.41. The number of fused-ring (bicyclic) bond motifs is 1. The van der Waals surface area contributed by atoms with E-state index >= 15 is 0 Å². The molecule has 2 aromatic carbocycles. The maximum absolute atomic E-state index is 12.8.